The average molecular weight is 252 g/mol. The number of hydrogen-bond donors (Lipinski definition) is 1. The fraction of sp³-hybridized carbons (Fsp3) is 0.600. The summed E-state index contributed by atoms with van der Waals surface area (Å²) in [5.41, 5.74) is 1.15. The quantitative estimate of drug-likeness (QED) is 0.715. The molecule has 1 unspecified atom stereocenters. The highest BCUT2D eigenvalue weighted by Crippen LogP contribution is 2.07. The first-order chi connectivity index (χ1) is 8.63. The van der Waals surface area contributed by atoms with Crippen molar-refractivity contribution in [2.45, 2.75) is 39.3 Å². The van der Waals surface area contributed by atoms with Crippen LogP contribution in [-0.2, 0) is 6.54 Å². The van der Waals surface area contributed by atoms with Gasteiger partial charge in [-0.1, -0.05) is 25.5 Å². The minimum absolute atomic E-state index is 0.171. The molecule has 0 amide bonds. The Kier molecular flexibility index (Phi) is 6.91. The number of hydrogen-bond acceptors (Lipinski definition) is 2. The van der Waals surface area contributed by atoms with Gasteiger partial charge in [-0.25, -0.2) is 4.39 Å². The lowest BCUT2D eigenvalue weighted by Gasteiger charge is -2.25. The average Bonchev–Trinajstić information content (AvgIpc) is 2.37. The van der Waals surface area contributed by atoms with E-state index in [9.17, 15) is 4.39 Å². The summed E-state index contributed by atoms with van der Waals surface area (Å²) >= 11 is 0. The van der Waals surface area contributed by atoms with Crippen molar-refractivity contribution in [2.24, 2.45) is 0 Å². The first-order valence-corrected chi connectivity index (χ1v) is 6.79. The zero-order valence-electron chi connectivity index (χ0n) is 11.7. The van der Waals surface area contributed by atoms with Gasteiger partial charge in [0.25, 0.3) is 0 Å². The molecule has 1 N–H and O–H groups in total. The van der Waals surface area contributed by atoms with Gasteiger partial charge in [0.15, 0.2) is 0 Å². The molecule has 0 fully saturated rings. The second-order valence-electron chi connectivity index (χ2n) is 4.95. The third kappa shape index (κ3) is 5.61. The van der Waals surface area contributed by atoms with Crippen LogP contribution in [0.25, 0.3) is 0 Å². The van der Waals surface area contributed by atoms with E-state index >= 15 is 0 Å². The van der Waals surface area contributed by atoms with Crippen LogP contribution >= 0.6 is 0 Å². The maximum atomic E-state index is 12.8. The van der Waals surface area contributed by atoms with Gasteiger partial charge in [-0.05, 0) is 44.6 Å². The van der Waals surface area contributed by atoms with Crippen LogP contribution in [0.1, 0.15) is 32.3 Å². The molecular formula is C15H25FN2. The molecule has 1 rings (SSSR count). The molecule has 0 aliphatic rings. The molecule has 0 aliphatic heterocycles. The van der Waals surface area contributed by atoms with Crippen LogP contribution in [0.3, 0.4) is 0 Å². The Hall–Kier alpha value is -0.930. The topological polar surface area (TPSA) is 15.3 Å². The number of likely N-dealkylation sites (N-methyl/N-ethyl adjacent to an activating group) is 1. The summed E-state index contributed by atoms with van der Waals surface area (Å²) in [7, 11) is 2.11. The predicted molar refractivity (Wildman–Crippen MR) is 75.1 cm³/mol. The van der Waals surface area contributed by atoms with Gasteiger partial charge in [-0.3, -0.25) is 4.90 Å². The van der Waals surface area contributed by atoms with Gasteiger partial charge in [-0.15, -0.1) is 0 Å². The van der Waals surface area contributed by atoms with Crippen LogP contribution in [0.2, 0.25) is 0 Å². The third-order valence-corrected chi connectivity index (χ3v) is 3.24. The van der Waals surface area contributed by atoms with E-state index in [2.05, 4.69) is 31.1 Å². The molecule has 0 spiro atoms. The van der Waals surface area contributed by atoms with E-state index in [1.54, 1.807) is 0 Å². The number of nitrogens with one attached hydrogen (secondary N) is 1. The number of benzene rings is 1. The van der Waals surface area contributed by atoms with Gasteiger partial charge >= 0.3 is 0 Å². The summed E-state index contributed by atoms with van der Waals surface area (Å²) in [5, 5.41) is 3.46. The van der Waals surface area contributed by atoms with E-state index < -0.39 is 0 Å². The Balaban J connectivity index is 2.30. The molecule has 0 saturated heterocycles. The Morgan fingerprint density at radius 2 is 1.94 bits per heavy atom. The van der Waals surface area contributed by atoms with E-state index in [4.69, 9.17) is 0 Å². The van der Waals surface area contributed by atoms with Gasteiger partial charge in [0, 0.05) is 19.1 Å². The van der Waals surface area contributed by atoms with Crippen LogP contribution in [-0.4, -0.2) is 31.1 Å². The van der Waals surface area contributed by atoms with Gasteiger partial charge in [0.1, 0.15) is 5.82 Å². The van der Waals surface area contributed by atoms with Crippen LogP contribution in [0.5, 0.6) is 0 Å². The second kappa shape index (κ2) is 8.22. The highest BCUT2D eigenvalue weighted by Gasteiger charge is 2.08. The lowest BCUT2D eigenvalue weighted by atomic mass is 10.2. The first-order valence-electron chi connectivity index (χ1n) is 6.79. The molecule has 1 aromatic carbocycles. The highest BCUT2D eigenvalue weighted by molar-refractivity contribution is 5.15. The first kappa shape index (κ1) is 15.1. The van der Waals surface area contributed by atoms with Crippen LogP contribution in [0, 0.1) is 5.82 Å². The van der Waals surface area contributed by atoms with E-state index in [1.807, 2.05) is 12.1 Å². The number of unbranched alkanes of at least 4 members (excludes halogenated alkanes) is 1. The molecule has 0 aliphatic carbocycles. The molecular weight excluding hydrogens is 227 g/mol. The zero-order valence-corrected chi connectivity index (χ0v) is 11.7. The molecule has 0 radical (unpaired) electrons. The summed E-state index contributed by atoms with van der Waals surface area (Å²) < 4.78 is 12.8. The second-order valence-corrected chi connectivity index (χ2v) is 4.95. The lowest BCUT2D eigenvalue weighted by Crippen LogP contribution is -2.37. The molecule has 18 heavy (non-hydrogen) atoms. The van der Waals surface area contributed by atoms with Crippen molar-refractivity contribution < 1.29 is 4.39 Å². The fourth-order valence-electron chi connectivity index (χ4n) is 1.80. The predicted octanol–water partition coefficient (Wildman–Crippen LogP) is 3.04. The standard InChI is InChI=1S/C15H25FN2/c1-4-5-10-17-11-13(2)18(3)12-14-6-8-15(16)9-7-14/h6-9,13,17H,4-5,10-12H2,1-3H3. The van der Waals surface area contributed by atoms with Crippen LogP contribution in [0.15, 0.2) is 24.3 Å². The molecule has 1 aromatic rings. The maximum absolute atomic E-state index is 12.8. The van der Waals surface area contributed by atoms with Gasteiger partial charge in [0.05, 0.1) is 0 Å². The van der Waals surface area contributed by atoms with Gasteiger partial charge < -0.3 is 5.32 Å². The number of halogens is 1. The molecule has 0 saturated carbocycles. The van der Waals surface area contributed by atoms with E-state index in [0.717, 1.165) is 25.2 Å². The van der Waals surface area contributed by atoms with Crippen molar-refractivity contribution in [2.75, 3.05) is 20.1 Å². The molecule has 0 heterocycles. The molecule has 3 heteroatoms. The summed E-state index contributed by atoms with van der Waals surface area (Å²) in [4.78, 5) is 2.28. The van der Waals surface area contributed by atoms with Crippen molar-refractivity contribution in [3.8, 4) is 0 Å². The normalized spacial score (nSPS) is 12.9. The highest BCUT2D eigenvalue weighted by atomic mass is 19.1. The van der Waals surface area contributed by atoms with E-state index in [0.29, 0.717) is 6.04 Å². The van der Waals surface area contributed by atoms with Crippen molar-refractivity contribution in [3.05, 3.63) is 35.6 Å². The summed E-state index contributed by atoms with van der Waals surface area (Å²) in [5.74, 6) is -0.171. The van der Waals surface area contributed by atoms with Crippen LogP contribution in [0.4, 0.5) is 4.39 Å². The third-order valence-electron chi connectivity index (χ3n) is 3.24. The summed E-state index contributed by atoms with van der Waals surface area (Å²) in [6.45, 7) is 7.36. The Bertz CT molecular complexity index is 324. The van der Waals surface area contributed by atoms with Crippen molar-refractivity contribution in [1.29, 1.82) is 0 Å². The van der Waals surface area contributed by atoms with Crippen molar-refractivity contribution in [3.63, 3.8) is 0 Å². The molecule has 102 valence electrons. The summed E-state index contributed by atoms with van der Waals surface area (Å²) in [6.07, 6.45) is 2.46. The zero-order chi connectivity index (χ0) is 13.4. The lowest BCUT2D eigenvalue weighted by molar-refractivity contribution is 0.243. The fourth-order valence-corrected chi connectivity index (χ4v) is 1.80. The van der Waals surface area contributed by atoms with E-state index in [1.165, 1.54) is 25.0 Å². The number of rotatable bonds is 8. The van der Waals surface area contributed by atoms with Gasteiger partial charge in [0.2, 0.25) is 0 Å². The maximum Gasteiger partial charge on any atom is 0.123 e. The number of nitrogens with zero attached hydrogens (tertiary/aromatic N) is 1. The Labute approximate surface area is 110 Å². The van der Waals surface area contributed by atoms with Gasteiger partial charge in [-0.2, -0.15) is 0 Å². The smallest absolute Gasteiger partial charge is 0.123 e. The monoisotopic (exact) mass is 252 g/mol. The minimum Gasteiger partial charge on any atom is -0.315 e. The Morgan fingerprint density at radius 1 is 1.28 bits per heavy atom. The molecule has 0 aromatic heterocycles. The van der Waals surface area contributed by atoms with Crippen LogP contribution < -0.4 is 5.32 Å². The molecule has 1 atom stereocenters. The minimum atomic E-state index is -0.171. The van der Waals surface area contributed by atoms with E-state index in [-0.39, 0.29) is 5.82 Å². The Morgan fingerprint density at radius 3 is 2.56 bits per heavy atom. The summed E-state index contributed by atoms with van der Waals surface area (Å²) in [6, 6.07) is 7.22. The molecule has 0 bridgehead atoms. The van der Waals surface area contributed by atoms with Crippen molar-refractivity contribution in [1.82, 2.24) is 10.2 Å². The van der Waals surface area contributed by atoms with Crippen molar-refractivity contribution >= 4 is 0 Å². The largest absolute Gasteiger partial charge is 0.315 e. The molecule has 2 nitrogen and oxygen atoms in total. The SMILES string of the molecule is CCCCNCC(C)N(C)Cc1ccc(F)cc1.